The van der Waals surface area contributed by atoms with Crippen molar-refractivity contribution in [3.05, 3.63) is 16.0 Å². The lowest BCUT2D eigenvalue weighted by Gasteiger charge is -2.19. The highest BCUT2D eigenvalue weighted by Gasteiger charge is 2.29. The van der Waals surface area contributed by atoms with Crippen molar-refractivity contribution in [2.45, 2.75) is 33.1 Å². The number of hydrogen-bond acceptors (Lipinski definition) is 6. The zero-order chi connectivity index (χ0) is 20.5. The summed E-state index contributed by atoms with van der Waals surface area (Å²) in [5, 5.41) is 3.61. The quantitative estimate of drug-likeness (QED) is 0.533. The van der Waals surface area contributed by atoms with Crippen LogP contribution in [0.1, 0.15) is 41.1 Å². The Labute approximate surface area is 171 Å². The van der Waals surface area contributed by atoms with Crippen molar-refractivity contribution >= 4 is 28.2 Å². The molecule has 0 saturated carbocycles. The van der Waals surface area contributed by atoms with Crippen LogP contribution in [0.15, 0.2) is 0 Å². The number of methoxy groups -OCH3 is 2. The molecule has 1 aliphatic carbocycles. The van der Waals surface area contributed by atoms with Crippen molar-refractivity contribution in [3.8, 4) is 0 Å². The number of anilines is 1. The lowest BCUT2D eigenvalue weighted by molar-refractivity contribution is -0.892. The van der Waals surface area contributed by atoms with Gasteiger partial charge in [0.1, 0.15) is 18.1 Å². The Morgan fingerprint density at radius 3 is 2.50 bits per heavy atom. The Morgan fingerprint density at radius 2 is 1.89 bits per heavy atom. The number of ether oxygens (including phenoxy) is 3. The number of esters is 1. The van der Waals surface area contributed by atoms with E-state index in [1.165, 1.54) is 16.2 Å². The molecule has 8 heteroatoms. The highest BCUT2D eigenvalue weighted by Crippen LogP contribution is 2.40. The van der Waals surface area contributed by atoms with E-state index in [2.05, 4.69) is 12.2 Å². The molecule has 0 unspecified atom stereocenters. The SMILES string of the molecule is CCOC(=O)c1c(NC(=O)C[NH+](CCOC)CCOC)sc2c1CC[C@@H](C)C2. The molecule has 0 aromatic carbocycles. The Morgan fingerprint density at radius 1 is 1.21 bits per heavy atom. The number of hydrogen-bond donors (Lipinski definition) is 2. The summed E-state index contributed by atoms with van der Waals surface area (Å²) in [6.07, 6.45) is 2.85. The fourth-order valence-electron chi connectivity index (χ4n) is 3.45. The molecule has 0 fully saturated rings. The van der Waals surface area contributed by atoms with Gasteiger partial charge in [0.25, 0.3) is 5.91 Å². The van der Waals surface area contributed by atoms with Crippen molar-refractivity contribution in [3.63, 3.8) is 0 Å². The van der Waals surface area contributed by atoms with Gasteiger partial charge >= 0.3 is 5.97 Å². The van der Waals surface area contributed by atoms with E-state index >= 15 is 0 Å². The van der Waals surface area contributed by atoms with E-state index in [-0.39, 0.29) is 11.9 Å². The molecule has 2 rings (SSSR count). The molecule has 2 N–H and O–H groups in total. The summed E-state index contributed by atoms with van der Waals surface area (Å²) < 4.78 is 15.6. The van der Waals surface area contributed by atoms with Crippen LogP contribution in [0.3, 0.4) is 0 Å². The van der Waals surface area contributed by atoms with Crippen molar-refractivity contribution in [1.82, 2.24) is 0 Å². The zero-order valence-corrected chi connectivity index (χ0v) is 18.2. The Hall–Kier alpha value is -1.48. The Balaban J connectivity index is 2.14. The summed E-state index contributed by atoms with van der Waals surface area (Å²) in [6.45, 7) is 7.22. The van der Waals surface area contributed by atoms with Gasteiger partial charge < -0.3 is 24.4 Å². The molecule has 7 nitrogen and oxygen atoms in total. The number of nitrogens with one attached hydrogen (secondary N) is 2. The maximum Gasteiger partial charge on any atom is 0.341 e. The molecule has 0 saturated heterocycles. The summed E-state index contributed by atoms with van der Waals surface area (Å²) >= 11 is 1.52. The fourth-order valence-corrected chi connectivity index (χ4v) is 4.87. The standard InChI is InChI=1S/C20H32N2O5S/c1-5-27-20(24)18-15-7-6-14(2)12-16(15)28-19(18)21-17(23)13-22(8-10-25-3)9-11-26-4/h14H,5-13H2,1-4H3,(H,21,23)/p+1/t14-/m1/s1. The Kier molecular flexibility index (Phi) is 9.37. The number of amides is 1. The molecule has 0 spiro atoms. The Bertz CT molecular complexity index is 653. The monoisotopic (exact) mass is 413 g/mol. The van der Waals surface area contributed by atoms with Crippen LogP contribution in [0.4, 0.5) is 5.00 Å². The predicted molar refractivity (Wildman–Crippen MR) is 109 cm³/mol. The lowest BCUT2D eigenvalue weighted by atomic mass is 9.88. The van der Waals surface area contributed by atoms with E-state index in [4.69, 9.17) is 14.2 Å². The minimum absolute atomic E-state index is 0.112. The number of quaternary nitrogens is 1. The van der Waals surface area contributed by atoms with Gasteiger partial charge in [0.2, 0.25) is 0 Å². The van der Waals surface area contributed by atoms with Gasteiger partial charge in [-0.2, -0.15) is 0 Å². The summed E-state index contributed by atoms with van der Waals surface area (Å²) in [5.41, 5.74) is 1.61. The topological polar surface area (TPSA) is 78.3 Å². The van der Waals surface area contributed by atoms with Gasteiger partial charge in [0.15, 0.2) is 6.54 Å². The molecule has 0 radical (unpaired) electrons. The van der Waals surface area contributed by atoms with Crippen molar-refractivity contribution in [2.75, 3.05) is 59.0 Å². The summed E-state index contributed by atoms with van der Waals surface area (Å²) in [5.74, 6) is 0.139. The number of fused-ring (bicyclic) bond motifs is 1. The van der Waals surface area contributed by atoms with Crippen LogP contribution < -0.4 is 10.2 Å². The first-order valence-corrected chi connectivity index (χ1v) is 10.7. The second-order valence-electron chi connectivity index (χ2n) is 7.24. The van der Waals surface area contributed by atoms with Gasteiger partial charge in [-0.15, -0.1) is 11.3 Å². The van der Waals surface area contributed by atoms with E-state index < -0.39 is 0 Å². The molecular formula is C20H33N2O5S+. The number of rotatable bonds is 11. The fraction of sp³-hybridized carbons (Fsp3) is 0.700. The molecule has 1 aliphatic rings. The van der Waals surface area contributed by atoms with Crippen LogP contribution >= 0.6 is 11.3 Å². The second kappa shape index (κ2) is 11.5. The first-order chi connectivity index (χ1) is 13.5. The van der Waals surface area contributed by atoms with Gasteiger partial charge in [0.05, 0.1) is 25.4 Å². The predicted octanol–water partition coefficient (Wildman–Crippen LogP) is 1.17. The first kappa shape index (κ1) is 22.8. The normalized spacial score (nSPS) is 16.1. The minimum Gasteiger partial charge on any atom is -0.462 e. The zero-order valence-electron chi connectivity index (χ0n) is 17.4. The number of carbonyl (C=O) groups is 2. The average Bonchev–Trinajstić information content (AvgIpc) is 3.00. The second-order valence-corrected chi connectivity index (χ2v) is 8.34. The molecule has 0 bridgehead atoms. The summed E-state index contributed by atoms with van der Waals surface area (Å²) in [6, 6.07) is 0. The van der Waals surface area contributed by atoms with E-state index in [0.717, 1.165) is 42.8 Å². The molecule has 0 aliphatic heterocycles. The van der Waals surface area contributed by atoms with Crippen LogP contribution in [-0.4, -0.2) is 65.6 Å². The van der Waals surface area contributed by atoms with Crippen molar-refractivity contribution in [2.24, 2.45) is 5.92 Å². The number of thiophene rings is 1. The molecule has 1 aromatic heterocycles. The van der Waals surface area contributed by atoms with Crippen LogP contribution in [0.25, 0.3) is 0 Å². The van der Waals surface area contributed by atoms with Gasteiger partial charge in [-0.05, 0) is 37.7 Å². The minimum atomic E-state index is -0.340. The van der Waals surface area contributed by atoms with Crippen molar-refractivity contribution < 1.29 is 28.7 Å². The van der Waals surface area contributed by atoms with Gasteiger partial charge in [-0.3, -0.25) is 4.79 Å². The van der Waals surface area contributed by atoms with Gasteiger partial charge in [0, 0.05) is 19.1 Å². The van der Waals surface area contributed by atoms with E-state index in [1.807, 2.05) is 0 Å². The number of carbonyl (C=O) groups excluding carboxylic acids is 2. The van der Waals surface area contributed by atoms with Gasteiger partial charge in [-0.1, -0.05) is 6.92 Å². The molecule has 1 aromatic rings. The van der Waals surface area contributed by atoms with Gasteiger partial charge in [-0.25, -0.2) is 4.79 Å². The maximum absolute atomic E-state index is 12.7. The average molecular weight is 414 g/mol. The molecule has 1 amide bonds. The summed E-state index contributed by atoms with van der Waals surface area (Å²) in [7, 11) is 3.30. The van der Waals surface area contributed by atoms with Crippen LogP contribution in [0, 0.1) is 5.92 Å². The van der Waals surface area contributed by atoms with E-state index in [0.29, 0.717) is 42.8 Å². The summed E-state index contributed by atoms with van der Waals surface area (Å²) in [4.78, 5) is 27.5. The van der Waals surface area contributed by atoms with E-state index in [9.17, 15) is 9.59 Å². The van der Waals surface area contributed by atoms with Crippen LogP contribution in [0.2, 0.25) is 0 Å². The van der Waals surface area contributed by atoms with Crippen LogP contribution in [-0.2, 0) is 31.8 Å². The van der Waals surface area contributed by atoms with Crippen LogP contribution in [0.5, 0.6) is 0 Å². The largest absolute Gasteiger partial charge is 0.462 e. The third-order valence-electron chi connectivity index (χ3n) is 4.97. The molecule has 1 atom stereocenters. The maximum atomic E-state index is 12.7. The molecule has 28 heavy (non-hydrogen) atoms. The third-order valence-corrected chi connectivity index (χ3v) is 6.14. The van der Waals surface area contributed by atoms with E-state index in [1.54, 1.807) is 21.1 Å². The molecule has 158 valence electrons. The lowest BCUT2D eigenvalue weighted by Crippen LogP contribution is -3.14. The highest BCUT2D eigenvalue weighted by atomic mass is 32.1. The molecular weight excluding hydrogens is 380 g/mol. The molecule has 1 heterocycles. The smallest absolute Gasteiger partial charge is 0.341 e. The first-order valence-electron chi connectivity index (χ1n) is 9.93. The highest BCUT2D eigenvalue weighted by molar-refractivity contribution is 7.17. The van der Waals surface area contributed by atoms with Crippen molar-refractivity contribution in [1.29, 1.82) is 0 Å². The third kappa shape index (κ3) is 6.27.